The van der Waals surface area contributed by atoms with Crippen LogP contribution in [0.3, 0.4) is 0 Å². The summed E-state index contributed by atoms with van der Waals surface area (Å²) in [7, 11) is 0. The molecular weight excluding hydrogens is 324 g/mol. The van der Waals surface area contributed by atoms with Crippen LogP contribution in [0.4, 0.5) is 0 Å². The number of hydrogen-bond donors (Lipinski definition) is 0. The number of nitrogens with zero attached hydrogens (tertiary/aromatic N) is 4. The molecule has 0 N–H and O–H groups in total. The lowest BCUT2D eigenvalue weighted by Crippen LogP contribution is -2.37. The van der Waals surface area contributed by atoms with Crippen molar-refractivity contribution >= 4 is 11.5 Å². The van der Waals surface area contributed by atoms with E-state index in [1.165, 1.54) is 16.7 Å². The van der Waals surface area contributed by atoms with Crippen LogP contribution in [-0.2, 0) is 11.3 Å². The lowest BCUT2D eigenvalue weighted by atomic mass is 10.0. The van der Waals surface area contributed by atoms with Gasteiger partial charge in [0.25, 0.3) is 0 Å². The fourth-order valence-electron chi connectivity index (χ4n) is 3.77. The van der Waals surface area contributed by atoms with E-state index in [0.717, 1.165) is 58.5 Å². The largest absolute Gasteiger partial charge is 0.341 e. The lowest BCUT2D eigenvalue weighted by Gasteiger charge is -2.28. The first-order valence-electron chi connectivity index (χ1n) is 9.54. The van der Waals surface area contributed by atoms with Crippen molar-refractivity contribution in [2.45, 2.75) is 25.8 Å². The van der Waals surface area contributed by atoms with Crippen LogP contribution in [0.1, 0.15) is 30.4 Å². The minimum absolute atomic E-state index is 0.323. The number of hydrogen-bond acceptors (Lipinski definition) is 3. The molecule has 2 aromatic rings. The van der Waals surface area contributed by atoms with Crippen LogP contribution in [0.5, 0.6) is 0 Å². The molecule has 0 spiro atoms. The standard InChI is InChI=1S/C21H26N4O/c26-21-7-4-10-24(21)14-13-23-11-8-19(9-12-23)20-15-22-25(17-20)16-18-5-2-1-3-6-18/h1-3,5-6,8,15,17H,4,7,9-14,16H2. The molecule has 0 radical (unpaired) electrons. The molecule has 0 aliphatic carbocycles. The third kappa shape index (κ3) is 4.05. The highest BCUT2D eigenvalue weighted by atomic mass is 16.2. The minimum Gasteiger partial charge on any atom is -0.341 e. The molecule has 0 saturated carbocycles. The topological polar surface area (TPSA) is 41.4 Å². The van der Waals surface area contributed by atoms with E-state index in [1.54, 1.807) is 0 Å². The molecule has 2 aliphatic rings. The first-order valence-corrected chi connectivity index (χ1v) is 9.54. The van der Waals surface area contributed by atoms with Crippen LogP contribution in [-0.4, -0.2) is 58.2 Å². The number of benzene rings is 1. The Morgan fingerprint density at radius 3 is 2.65 bits per heavy atom. The molecule has 3 heterocycles. The van der Waals surface area contributed by atoms with E-state index in [0.29, 0.717) is 5.91 Å². The second-order valence-electron chi connectivity index (χ2n) is 7.18. The third-order valence-corrected chi connectivity index (χ3v) is 5.34. The maximum atomic E-state index is 11.7. The first kappa shape index (κ1) is 17.0. The van der Waals surface area contributed by atoms with Crippen molar-refractivity contribution in [3.8, 4) is 0 Å². The summed E-state index contributed by atoms with van der Waals surface area (Å²) < 4.78 is 2.01. The van der Waals surface area contributed by atoms with Gasteiger partial charge in [-0.15, -0.1) is 0 Å². The van der Waals surface area contributed by atoms with Crippen LogP contribution >= 0.6 is 0 Å². The zero-order valence-electron chi connectivity index (χ0n) is 15.2. The summed E-state index contributed by atoms with van der Waals surface area (Å²) in [6.07, 6.45) is 9.25. The summed E-state index contributed by atoms with van der Waals surface area (Å²) in [5.41, 5.74) is 3.88. The Balaban J connectivity index is 1.30. The van der Waals surface area contributed by atoms with Gasteiger partial charge in [-0.1, -0.05) is 36.4 Å². The second kappa shape index (κ2) is 7.87. The van der Waals surface area contributed by atoms with Crippen LogP contribution in [0.25, 0.3) is 5.57 Å². The number of amides is 1. The van der Waals surface area contributed by atoms with Gasteiger partial charge in [0.15, 0.2) is 0 Å². The molecule has 26 heavy (non-hydrogen) atoms. The molecule has 1 amide bonds. The number of aromatic nitrogens is 2. The summed E-state index contributed by atoms with van der Waals surface area (Å²) in [6, 6.07) is 10.4. The van der Waals surface area contributed by atoms with E-state index >= 15 is 0 Å². The van der Waals surface area contributed by atoms with Crippen molar-refractivity contribution in [1.29, 1.82) is 0 Å². The molecule has 1 aromatic heterocycles. The molecule has 5 heteroatoms. The summed E-state index contributed by atoms with van der Waals surface area (Å²) in [5.74, 6) is 0.323. The fourth-order valence-corrected chi connectivity index (χ4v) is 3.77. The Hall–Kier alpha value is -2.40. The molecule has 1 fully saturated rings. The summed E-state index contributed by atoms with van der Waals surface area (Å²) in [4.78, 5) is 16.1. The zero-order chi connectivity index (χ0) is 17.8. The quantitative estimate of drug-likeness (QED) is 0.804. The van der Waals surface area contributed by atoms with Gasteiger partial charge in [0, 0.05) is 50.9 Å². The maximum absolute atomic E-state index is 11.7. The first-order chi connectivity index (χ1) is 12.8. The van der Waals surface area contributed by atoms with Gasteiger partial charge in [0.2, 0.25) is 5.91 Å². The van der Waals surface area contributed by atoms with Crippen molar-refractivity contribution in [2.24, 2.45) is 0 Å². The highest BCUT2D eigenvalue weighted by molar-refractivity contribution is 5.78. The summed E-state index contributed by atoms with van der Waals surface area (Å²) in [5, 5.41) is 4.52. The number of carbonyl (C=O) groups is 1. The molecule has 5 nitrogen and oxygen atoms in total. The molecule has 4 rings (SSSR count). The fraction of sp³-hybridized carbons (Fsp3) is 0.429. The third-order valence-electron chi connectivity index (χ3n) is 5.34. The average molecular weight is 350 g/mol. The second-order valence-corrected chi connectivity index (χ2v) is 7.18. The molecule has 136 valence electrons. The molecule has 1 saturated heterocycles. The van der Waals surface area contributed by atoms with Crippen molar-refractivity contribution in [3.05, 3.63) is 59.9 Å². The van der Waals surface area contributed by atoms with Gasteiger partial charge in [-0.2, -0.15) is 5.10 Å². The number of rotatable bonds is 6. The SMILES string of the molecule is O=C1CCCN1CCN1CC=C(c2cnn(Cc3ccccc3)c2)CC1. The monoisotopic (exact) mass is 350 g/mol. The zero-order valence-corrected chi connectivity index (χ0v) is 15.2. The molecule has 0 atom stereocenters. The van der Waals surface area contributed by atoms with Crippen molar-refractivity contribution < 1.29 is 4.79 Å². The smallest absolute Gasteiger partial charge is 0.222 e. The van der Waals surface area contributed by atoms with Crippen LogP contribution in [0.2, 0.25) is 0 Å². The maximum Gasteiger partial charge on any atom is 0.222 e. The molecular formula is C21H26N4O. The molecule has 0 bridgehead atoms. The van der Waals surface area contributed by atoms with Crippen LogP contribution in [0.15, 0.2) is 48.8 Å². The van der Waals surface area contributed by atoms with Gasteiger partial charge in [-0.3, -0.25) is 14.4 Å². The number of likely N-dealkylation sites (tertiary alicyclic amines) is 1. The van der Waals surface area contributed by atoms with Gasteiger partial charge in [-0.25, -0.2) is 0 Å². The number of carbonyl (C=O) groups excluding carboxylic acids is 1. The van der Waals surface area contributed by atoms with Gasteiger partial charge in [0.1, 0.15) is 0 Å². The molecule has 2 aliphatic heterocycles. The summed E-state index contributed by atoms with van der Waals surface area (Å²) in [6.45, 7) is 5.61. The normalized spacial score (nSPS) is 18.4. The van der Waals surface area contributed by atoms with E-state index in [9.17, 15) is 4.79 Å². The average Bonchev–Trinajstić information content (AvgIpc) is 3.30. The van der Waals surface area contributed by atoms with Gasteiger partial charge >= 0.3 is 0 Å². The Labute approximate surface area is 154 Å². The molecule has 1 aromatic carbocycles. The van der Waals surface area contributed by atoms with Crippen molar-refractivity contribution in [1.82, 2.24) is 19.6 Å². The predicted molar refractivity (Wildman–Crippen MR) is 103 cm³/mol. The van der Waals surface area contributed by atoms with E-state index < -0.39 is 0 Å². The van der Waals surface area contributed by atoms with Crippen LogP contribution < -0.4 is 0 Å². The van der Waals surface area contributed by atoms with Gasteiger partial charge in [-0.05, 0) is 24.0 Å². The van der Waals surface area contributed by atoms with Crippen LogP contribution in [0, 0.1) is 0 Å². The Kier molecular flexibility index (Phi) is 5.16. The van der Waals surface area contributed by atoms with E-state index in [4.69, 9.17) is 0 Å². The van der Waals surface area contributed by atoms with E-state index in [-0.39, 0.29) is 0 Å². The Bertz CT molecular complexity index is 780. The highest BCUT2D eigenvalue weighted by Crippen LogP contribution is 2.22. The van der Waals surface area contributed by atoms with Crippen molar-refractivity contribution in [3.63, 3.8) is 0 Å². The predicted octanol–water partition coefficient (Wildman–Crippen LogP) is 2.64. The van der Waals surface area contributed by atoms with Gasteiger partial charge in [0.05, 0.1) is 12.7 Å². The van der Waals surface area contributed by atoms with Crippen molar-refractivity contribution in [2.75, 3.05) is 32.7 Å². The van der Waals surface area contributed by atoms with Gasteiger partial charge < -0.3 is 4.90 Å². The highest BCUT2D eigenvalue weighted by Gasteiger charge is 2.21. The van der Waals surface area contributed by atoms with E-state index in [2.05, 4.69) is 46.5 Å². The Morgan fingerprint density at radius 2 is 1.92 bits per heavy atom. The summed E-state index contributed by atoms with van der Waals surface area (Å²) >= 11 is 0. The lowest BCUT2D eigenvalue weighted by molar-refractivity contribution is -0.127. The Morgan fingerprint density at radius 1 is 1.04 bits per heavy atom. The minimum atomic E-state index is 0.323. The molecule has 0 unspecified atom stereocenters. The van der Waals surface area contributed by atoms with E-state index in [1.807, 2.05) is 21.8 Å².